The Morgan fingerprint density at radius 2 is 1.96 bits per heavy atom. The zero-order valence-corrected chi connectivity index (χ0v) is 14.8. The van der Waals surface area contributed by atoms with Crippen LogP contribution in [0.25, 0.3) is 0 Å². The van der Waals surface area contributed by atoms with E-state index in [4.69, 9.17) is 9.47 Å². The van der Waals surface area contributed by atoms with E-state index in [1.165, 1.54) is 12.0 Å². The zero-order valence-electron chi connectivity index (χ0n) is 14.8. The van der Waals surface area contributed by atoms with Gasteiger partial charge in [-0.3, -0.25) is 0 Å². The van der Waals surface area contributed by atoms with Gasteiger partial charge in [-0.15, -0.1) is 0 Å². The first kappa shape index (κ1) is 16.5. The van der Waals surface area contributed by atoms with Crippen molar-refractivity contribution in [2.45, 2.75) is 53.1 Å². The molecule has 0 radical (unpaired) electrons. The third-order valence-corrected chi connectivity index (χ3v) is 6.41. The maximum Gasteiger partial charge on any atom is 0.333 e. The molecule has 0 spiro atoms. The Morgan fingerprint density at radius 3 is 2.65 bits per heavy atom. The van der Waals surface area contributed by atoms with Gasteiger partial charge in [-0.1, -0.05) is 39.5 Å². The smallest absolute Gasteiger partial charge is 0.333 e. The highest BCUT2D eigenvalue weighted by molar-refractivity contribution is 5.86. The molecule has 3 aliphatic carbocycles. The van der Waals surface area contributed by atoms with Gasteiger partial charge in [0, 0.05) is 11.0 Å². The molecule has 0 saturated heterocycles. The molecule has 23 heavy (non-hydrogen) atoms. The van der Waals surface area contributed by atoms with Crippen LogP contribution in [0.2, 0.25) is 0 Å². The molecule has 0 aromatic carbocycles. The lowest BCUT2D eigenvalue weighted by Crippen LogP contribution is -2.39. The van der Waals surface area contributed by atoms with Gasteiger partial charge in [0.1, 0.15) is 6.61 Å². The number of carbonyl (C=O) groups excluding carboxylic acids is 1. The average molecular weight is 316 g/mol. The fourth-order valence-electron chi connectivity index (χ4n) is 4.78. The van der Waals surface area contributed by atoms with Gasteiger partial charge in [0.2, 0.25) is 0 Å². The molecule has 3 atom stereocenters. The highest BCUT2D eigenvalue weighted by atomic mass is 16.6. The number of esters is 1. The average Bonchev–Trinajstić information content (AvgIpc) is 2.81. The van der Waals surface area contributed by atoms with Gasteiger partial charge < -0.3 is 9.47 Å². The molecule has 3 unspecified atom stereocenters. The summed E-state index contributed by atoms with van der Waals surface area (Å²) in [6.45, 7) is 13.1. The molecular formula is C20H28O3. The van der Waals surface area contributed by atoms with Crippen LogP contribution in [0.3, 0.4) is 0 Å². The second-order valence-corrected chi connectivity index (χ2v) is 7.84. The SMILES string of the molecule is C=C(C)C(=O)OCCOC1CC2C3=CCCC=C3C1(C)C2(C)C. The summed E-state index contributed by atoms with van der Waals surface area (Å²) in [5.74, 6) is 0.246. The Hall–Kier alpha value is -1.35. The molecule has 2 bridgehead atoms. The molecule has 0 amide bonds. The monoisotopic (exact) mass is 316 g/mol. The highest BCUT2D eigenvalue weighted by Crippen LogP contribution is 2.71. The first-order chi connectivity index (χ1) is 10.8. The summed E-state index contributed by atoms with van der Waals surface area (Å²) in [6.07, 6.45) is 8.45. The predicted octanol–water partition coefficient (Wildman–Crippen LogP) is 4.20. The number of carbonyl (C=O) groups is 1. The maximum atomic E-state index is 11.4. The molecule has 2 fully saturated rings. The van der Waals surface area contributed by atoms with Gasteiger partial charge in [0.15, 0.2) is 0 Å². The van der Waals surface area contributed by atoms with E-state index in [-0.39, 0.29) is 22.9 Å². The first-order valence-electron chi connectivity index (χ1n) is 8.65. The van der Waals surface area contributed by atoms with Crippen LogP contribution in [-0.2, 0) is 14.3 Å². The molecule has 3 aliphatic rings. The van der Waals surface area contributed by atoms with E-state index >= 15 is 0 Å². The standard InChI is InChI=1S/C20H28O3/c1-13(2)18(21)23-11-10-22-17-12-16-14-8-6-7-9-15(14)20(17,5)19(16,3)4/h8-9,16-17H,1,6-7,10-12H2,2-5H3. The van der Waals surface area contributed by atoms with Gasteiger partial charge >= 0.3 is 5.97 Å². The minimum absolute atomic E-state index is 0.0578. The Morgan fingerprint density at radius 1 is 1.26 bits per heavy atom. The van der Waals surface area contributed by atoms with E-state index in [1.807, 2.05) is 0 Å². The number of allylic oxidation sites excluding steroid dienone is 3. The molecule has 0 aliphatic heterocycles. The molecule has 3 nitrogen and oxygen atoms in total. The summed E-state index contributed by atoms with van der Waals surface area (Å²) >= 11 is 0. The second kappa shape index (κ2) is 5.62. The van der Waals surface area contributed by atoms with E-state index in [2.05, 4.69) is 39.5 Å². The highest BCUT2D eigenvalue weighted by Gasteiger charge is 2.66. The Balaban J connectivity index is 1.67. The fourth-order valence-corrected chi connectivity index (χ4v) is 4.78. The Bertz CT molecular complexity index is 596. The second-order valence-electron chi connectivity index (χ2n) is 7.84. The molecule has 0 heterocycles. The van der Waals surface area contributed by atoms with Crippen molar-refractivity contribution in [2.75, 3.05) is 13.2 Å². The maximum absolute atomic E-state index is 11.4. The molecule has 0 aromatic heterocycles. The van der Waals surface area contributed by atoms with Crippen LogP contribution in [0.1, 0.15) is 47.0 Å². The number of rotatable bonds is 5. The van der Waals surface area contributed by atoms with E-state index in [0.29, 0.717) is 24.7 Å². The minimum Gasteiger partial charge on any atom is -0.460 e. The molecule has 2 saturated carbocycles. The normalized spacial score (nSPS) is 33.7. The summed E-state index contributed by atoms with van der Waals surface area (Å²) in [4.78, 5) is 11.4. The topological polar surface area (TPSA) is 35.5 Å². The van der Waals surface area contributed by atoms with Crippen LogP contribution in [0.4, 0.5) is 0 Å². The van der Waals surface area contributed by atoms with Gasteiger partial charge in [-0.25, -0.2) is 4.79 Å². The minimum atomic E-state index is -0.340. The van der Waals surface area contributed by atoms with Crippen LogP contribution in [0.5, 0.6) is 0 Å². The fraction of sp³-hybridized carbons (Fsp3) is 0.650. The Kier molecular flexibility index (Phi) is 4.04. The van der Waals surface area contributed by atoms with Gasteiger partial charge in [-0.2, -0.15) is 0 Å². The summed E-state index contributed by atoms with van der Waals surface area (Å²) < 4.78 is 11.3. The third kappa shape index (κ3) is 2.32. The van der Waals surface area contributed by atoms with E-state index < -0.39 is 0 Å². The van der Waals surface area contributed by atoms with Crippen LogP contribution < -0.4 is 0 Å². The lowest BCUT2D eigenvalue weighted by molar-refractivity contribution is -0.142. The van der Waals surface area contributed by atoms with E-state index in [1.54, 1.807) is 12.5 Å². The van der Waals surface area contributed by atoms with E-state index in [9.17, 15) is 4.79 Å². The van der Waals surface area contributed by atoms with Crippen molar-refractivity contribution >= 4 is 5.97 Å². The summed E-state index contributed by atoms with van der Waals surface area (Å²) in [6, 6.07) is 0. The van der Waals surface area contributed by atoms with Crippen LogP contribution in [0.15, 0.2) is 35.5 Å². The van der Waals surface area contributed by atoms with Crippen LogP contribution >= 0.6 is 0 Å². The first-order valence-corrected chi connectivity index (χ1v) is 8.65. The largest absolute Gasteiger partial charge is 0.460 e. The van der Waals surface area contributed by atoms with Crippen molar-refractivity contribution in [1.82, 2.24) is 0 Å². The number of hydrogen-bond acceptors (Lipinski definition) is 3. The van der Waals surface area contributed by atoms with Crippen LogP contribution in [0, 0.1) is 16.7 Å². The van der Waals surface area contributed by atoms with Crippen molar-refractivity contribution in [1.29, 1.82) is 0 Å². The van der Waals surface area contributed by atoms with Crippen molar-refractivity contribution in [3.63, 3.8) is 0 Å². The van der Waals surface area contributed by atoms with Crippen molar-refractivity contribution in [3.8, 4) is 0 Å². The summed E-state index contributed by atoms with van der Waals surface area (Å²) in [5.41, 5.74) is 3.78. The van der Waals surface area contributed by atoms with Gasteiger partial charge in [0.25, 0.3) is 0 Å². The molecule has 3 rings (SSSR count). The molecule has 126 valence electrons. The van der Waals surface area contributed by atoms with E-state index in [0.717, 1.165) is 12.8 Å². The lowest BCUT2D eigenvalue weighted by atomic mass is 9.67. The Labute approximate surface area is 139 Å². The van der Waals surface area contributed by atoms with Crippen molar-refractivity contribution in [3.05, 3.63) is 35.5 Å². The molecular weight excluding hydrogens is 288 g/mol. The number of fused-ring (bicyclic) bond motifs is 5. The number of ether oxygens (including phenoxy) is 2. The lowest BCUT2D eigenvalue weighted by Gasteiger charge is -2.40. The van der Waals surface area contributed by atoms with Crippen molar-refractivity contribution < 1.29 is 14.3 Å². The van der Waals surface area contributed by atoms with Gasteiger partial charge in [-0.05, 0) is 48.7 Å². The summed E-state index contributed by atoms with van der Waals surface area (Å²) in [7, 11) is 0. The van der Waals surface area contributed by atoms with Crippen LogP contribution in [-0.4, -0.2) is 25.3 Å². The third-order valence-electron chi connectivity index (χ3n) is 6.41. The molecule has 0 aromatic rings. The summed E-state index contributed by atoms with van der Waals surface area (Å²) in [5, 5.41) is 0. The zero-order chi connectivity index (χ0) is 16.8. The van der Waals surface area contributed by atoms with Crippen molar-refractivity contribution in [2.24, 2.45) is 16.7 Å². The predicted molar refractivity (Wildman–Crippen MR) is 90.9 cm³/mol. The number of hydrogen-bond donors (Lipinski definition) is 0. The van der Waals surface area contributed by atoms with Gasteiger partial charge in [0.05, 0.1) is 12.7 Å². The molecule has 0 N–H and O–H groups in total. The quantitative estimate of drug-likeness (QED) is 0.433. The molecule has 3 heteroatoms.